The minimum atomic E-state index is -0.800. The Kier molecular flexibility index (Phi) is 4.90. The van der Waals surface area contributed by atoms with Crippen molar-refractivity contribution in [1.29, 1.82) is 0 Å². The molecule has 0 aromatic carbocycles. The largest absolute Gasteiger partial charge is 0.481 e. The maximum Gasteiger partial charge on any atom is 0.307 e. The molecule has 0 fully saturated rings. The van der Waals surface area contributed by atoms with E-state index in [-0.39, 0.29) is 6.04 Å². The number of aliphatic carboxylic acids is 1. The Hall–Kier alpha value is -0.570. The fourth-order valence-corrected chi connectivity index (χ4v) is 1.02. The van der Waals surface area contributed by atoms with Crippen LogP contribution >= 0.6 is 0 Å². The van der Waals surface area contributed by atoms with Gasteiger partial charge in [0.1, 0.15) is 0 Å². The van der Waals surface area contributed by atoms with Gasteiger partial charge in [-0.05, 0) is 12.3 Å². The molecule has 0 radical (unpaired) electrons. The first-order valence-electron chi connectivity index (χ1n) is 4.47. The highest BCUT2D eigenvalue weighted by molar-refractivity contribution is 5.70. The number of carboxylic acids is 1. The average molecular weight is 173 g/mol. The molecule has 0 amide bonds. The van der Waals surface area contributed by atoms with Crippen LogP contribution in [-0.4, -0.2) is 17.1 Å². The molecule has 12 heavy (non-hydrogen) atoms. The molecule has 0 spiro atoms. The molecule has 0 aromatic heterocycles. The second-order valence-corrected chi connectivity index (χ2v) is 3.54. The smallest absolute Gasteiger partial charge is 0.307 e. The second kappa shape index (κ2) is 5.14. The van der Waals surface area contributed by atoms with Crippen LogP contribution in [0.3, 0.4) is 0 Å². The third-order valence-electron chi connectivity index (χ3n) is 2.40. The zero-order chi connectivity index (χ0) is 9.72. The standard InChI is InChI=1S/C9H19NO2/c1-4-6(2)5-8(10)7(3)9(11)12/h6-8H,4-5,10H2,1-3H3,(H,11,12). The molecule has 0 bridgehead atoms. The highest BCUT2D eigenvalue weighted by Gasteiger charge is 2.20. The monoisotopic (exact) mass is 173 g/mol. The van der Waals surface area contributed by atoms with Crippen molar-refractivity contribution in [3.05, 3.63) is 0 Å². The van der Waals surface area contributed by atoms with Crippen molar-refractivity contribution in [3.8, 4) is 0 Å². The van der Waals surface area contributed by atoms with Crippen LogP contribution in [0.15, 0.2) is 0 Å². The first kappa shape index (κ1) is 11.4. The van der Waals surface area contributed by atoms with Crippen LogP contribution in [0, 0.1) is 11.8 Å². The summed E-state index contributed by atoms with van der Waals surface area (Å²) in [7, 11) is 0. The Bertz CT molecular complexity index is 147. The van der Waals surface area contributed by atoms with Crippen molar-refractivity contribution in [3.63, 3.8) is 0 Å². The number of nitrogens with two attached hydrogens (primary N) is 1. The van der Waals surface area contributed by atoms with Gasteiger partial charge in [0.05, 0.1) is 5.92 Å². The van der Waals surface area contributed by atoms with Crippen molar-refractivity contribution in [2.75, 3.05) is 0 Å². The van der Waals surface area contributed by atoms with E-state index in [0.29, 0.717) is 5.92 Å². The lowest BCUT2D eigenvalue weighted by atomic mass is 9.92. The van der Waals surface area contributed by atoms with Gasteiger partial charge in [0.2, 0.25) is 0 Å². The van der Waals surface area contributed by atoms with E-state index in [9.17, 15) is 4.79 Å². The summed E-state index contributed by atoms with van der Waals surface area (Å²) < 4.78 is 0. The summed E-state index contributed by atoms with van der Waals surface area (Å²) in [6.07, 6.45) is 1.85. The van der Waals surface area contributed by atoms with Gasteiger partial charge in [0.15, 0.2) is 0 Å². The van der Waals surface area contributed by atoms with Crippen molar-refractivity contribution in [2.24, 2.45) is 17.6 Å². The molecule has 0 heterocycles. The summed E-state index contributed by atoms with van der Waals surface area (Å²) in [5, 5.41) is 8.66. The summed E-state index contributed by atoms with van der Waals surface area (Å²) >= 11 is 0. The van der Waals surface area contributed by atoms with E-state index in [0.717, 1.165) is 12.8 Å². The highest BCUT2D eigenvalue weighted by atomic mass is 16.4. The molecule has 0 saturated carbocycles. The Balaban J connectivity index is 3.86. The van der Waals surface area contributed by atoms with Gasteiger partial charge in [-0.1, -0.05) is 27.2 Å². The lowest BCUT2D eigenvalue weighted by Gasteiger charge is -2.19. The van der Waals surface area contributed by atoms with Gasteiger partial charge in [-0.3, -0.25) is 4.79 Å². The number of rotatable bonds is 5. The van der Waals surface area contributed by atoms with Crippen LogP contribution in [-0.2, 0) is 4.79 Å². The summed E-state index contributed by atoms with van der Waals surface area (Å²) in [4.78, 5) is 10.5. The van der Waals surface area contributed by atoms with Crippen LogP contribution in [0.2, 0.25) is 0 Å². The predicted octanol–water partition coefficient (Wildman–Crippen LogP) is 1.47. The summed E-state index contributed by atoms with van der Waals surface area (Å²) in [5.74, 6) is -0.716. The molecule has 72 valence electrons. The van der Waals surface area contributed by atoms with Crippen LogP contribution in [0.5, 0.6) is 0 Å². The average Bonchev–Trinajstić information content (AvgIpc) is 2.02. The molecule has 3 unspecified atom stereocenters. The van der Waals surface area contributed by atoms with Crippen molar-refractivity contribution < 1.29 is 9.90 Å². The van der Waals surface area contributed by atoms with E-state index in [1.165, 1.54) is 0 Å². The fourth-order valence-electron chi connectivity index (χ4n) is 1.02. The predicted molar refractivity (Wildman–Crippen MR) is 48.8 cm³/mol. The molecule has 3 nitrogen and oxygen atoms in total. The fraction of sp³-hybridized carbons (Fsp3) is 0.889. The number of carbonyl (C=O) groups is 1. The quantitative estimate of drug-likeness (QED) is 0.661. The summed E-state index contributed by atoms with van der Waals surface area (Å²) in [6.45, 7) is 5.84. The topological polar surface area (TPSA) is 63.3 Å². The molecule has 3 atom stereocenters. The van der Waals surface area contributed by atoms with E-state index >= 15 is 0 Å². The minimum absolute atomic E-state index is 0.211. The summed E-state index contributed by atoms with van der Waals surface area (Å²) in [5.41, 5.74) is 5.71. The maximum absolute atomic E-state index is 10.5. The molecule has 0 aliphatic rings. The SMILES string of the molecule is CCC(C)CC(N)C(C)C(=O)O. The van der Waals surface area contributed by atoms with Crippen LogP contribution < -0.4 is 5.73 Å². The van der Waals surface area contributed by atoms with Crippen molar-refractivity contribution >= 4 is 5.97 Å². The van der Waals surface area contributed by atoms with E-state index in [2.05, 4.69) is 13.8 Å². The van der Waals surface area contributed by atoms with E-state index in [1.54, 1.807) is 6.92 Å². The Morgan fingerprint density at radius 2 is 2.00 bits per heavy atom. The molecular formula is C9H19NO2. The Morgan fingerprint density at radius 1 is 1.50 bits per heavy atom. The molecule has 3 heteroatoms. The zero-order valence-electron chi connectivity index (χ0n) is 8.08. The number of hydrogen-bond donors (Lipinski definition) is 2. The third kappa shape index (κ3) is 3.72. The lowest BCUT2D eigenvalue weighted by Crippen LogP contribution is -2.34. The van der Waals surface area contributed by atoms with Crippen LogP contribution in [0.4, 0.5) is 0 Å². The first-order valence-corrected chi connectivity index (χ1v) is 4.47. The van der Waals surface area contributed by atoms with Gasteiger partial charge in [-0.2, -0.15) is 0 Å². The molecule has 0 saturated heterocycles. The van der Waals surface area contributed by atoms with E-state index < -0.39 is 11.9 Å². The molecular weight excluding hydrogens is 154 g/mol. The molecule has 0 aliphatic carbocycles. The Labute approximate surface area is 74.0 Å². The van der Waals surface area contributed by atoms with Gasteiger partial charge in [-0.15, -0.1) is 0 Å². The highest BCUT2D eigenvalue weighted by Crippen LogP contribution is 2.14. The van der Waals surface area contributed by atoms with E-state index in [1.807, 2.05) is 0 Å². The third-order valence-corrected chi connectivity index (χ3v) is 2.40. The normalized spacial score (nSPS) is 18.3. The maximum atomic E-state index is 10.5. The number of carboxylic acid groups (broad SMARTS) is 1. The Morgan fingerprint density at radius 3 is 2.33 bits per heavy atom. The molecule has 0 aromatic rings. The van der Waals surface area contributed by atoms with E-state index in [4.69, 9.17) is 10.8 Å². The van der Waals surface area contributed by atoms with Gasteiger partial charge in [0, 0.05) is 6.04 Å². The lowest BCUT2D eigenvalue weighted by molar-refractivity contribution is -0.141. The van der Waals surface area contributed by atoms with Gasteiger partial charge in [0.25, 0.3) is 0 Å². The van der Waals surface area contributed by atoms with Crippen molar-refractivity contribution in [2.45, 2.75) is 39.7 Å². The molecule has 0 rings (SSSR count). The first-order chi connectivity index (χ1) is 5.49. The van der Waals surface area contributed by atoms with Crippen molar-refractivity contribution in [1.82, 2.24) is 0 Å². The van der Waals surface area contributed by atoms with Crippen LogP contribution in [0.25, 0.3) is 0 Å². The zero-order valence-corrected chi connectivity index (χ0v) is 8.08. The minimum Gasteiger partial charge on any atom is -0.481 e. The number of hydrogen-bond acceptors (Lipinski definition) is 2. The van der Waals surface area contributed by atoms with Gasteiger partial charge in [-0.25, -0.2) is 0 Å². The van der Waals surface area contributed by atoms with Gasteiger partial charge < -0.3 is 10.8 Å². The molecule has 3 N–H and O–H groups in total. The molecule has 0 aliphatic heterocycles. The second-order valence-electron chi connectivity index (χ2n) is 3.54. The summed E-state index contributed by atoms with van der Waals surface area (Å²) in [6, 6.07) is -0.211. The van der Waals surface area contributed by atoms with Crippen LogP contribution in [0.1, 0.15) is 33.6 Å². The van der Waals surface area contributed by atoms with Gasteiger partial charge >= 0.3 is 5.97 Å².